The van der Waals surface area contributed by atoms with Gasteiger partial charge in [0.05, 0.1) is 54.2 Å². The SMILES string of the molecule is CC(C)C(=O)c1cc(Oc2ccc(S(C)(=O)=O)cc2)cc(O[C@@H](C)CO)c1.CC(C)Oc1cc(Oc2cnc(C(=O)N3CCC3)cn2)cc(C(=O)C(C)C)c1.COC[C@H](C)Oc1cc(O[C@@H](C)Cc2ccccc2)cc(C(=O)C(C)C)c1.COC[C@H](C)Oc1cc(Oc2ccc(S(C)(=O)=O)cc2)cc(C(=O)C(C)C)c1. The van der Waals surface area contributed by atoms with Crippen molar-refractivity contribution in [3.63, 3.8) is 0 Å². The van der Waals surface area contributed by atoms with Crippen LogP contribution >= 0.6 is 0 Å². The second kappa shape index (κ2) is 42.2. The summed E-state index contributed by atoms with van der Waals surface area (Å²) in [5.74, 6) is 4.34. The minimum absolute atomic E-state index is 0.000586. The van der Waals surface area contributed by atoms with Crippen LogP contribution in [0.4, 0.5) is 0 Å². The molecule has 0 aliphatic carbocycles. The van der Waals surface area contributed by atoms with Gasteiger partial charge in [0.1, 0.15) is 81.5 Å². The summed E-state index contributed by atoms with van der Waals surface area (Å²) < 4.78 is 103. The Balaban J connectivity index is 0.000000229. The first-order valence-corrected chi connectivity index (χ1v) is 40.2. The molecule has 1 amide bonds. The highest BCUT2D eigenvalue weighted by atomic mass is 32.2. The van der Waals surface area contributed by atoms with E-state index in [1.54, 1.807) is 131 Å². The fourth-order valence-corrected chi connectivity index (χ4v) is 11.8. The second-order valence-electron chi connectivity index (χ2n) is 28.2. The van der Waals surface area contributed by atoms with Crippen molar-refractivity contribution in [2.45, 2.75) is 150 Å². The standard InChI is InChI=1S/C23H30O4.C21H25N3O4.C21H26O6S.C20H24O6S/c1-16(2)23(24)20-12-21(14-22(13-20)27-18(4)15-25-5)26-17(3)11-19-9-7-6-8-10-19;1-13(2)20(25)15-8-16(27-14(3)4)10-17(9-15)28-19-12-22-18(11-23-19)21(26)24-6-5-7-24;1-14(2)21(22)16-10-18(26-15(3)13-25-4)12-19(11-16)27-17-6-8-20(9-7-17)28(5,23)24;1-13(2)20(22)15-9-17(25-14(3)12-21)11-18(10-15)26-16-5-7-19(8-6-16)27(4,23)24/h6-10,12-14,16-18H,11,15H2,1-5H3;8-14H,5-7H2,1-4H3;6-12,14-15H,13H2,1-5H3;5-11,13-14,21H,12H2,1-4H3/t17-,18-;;15-;14-/m0.00/s1. The first kappa shape index (κ1) is 88.8. The maximum atomic E-state index is 12.5. The average molecular weight is 1550 g/mol. The number of methoxy groups -OCH3 is 2. The minimum atomic E-state index is -3.29. The summed E-state index contributed by atoms with van der Waals surface area (Å²) >= 11 is 0. The van der Waals surface area contributed by atoms with Crippen LogP contribution in [-0.4, -0.2) is 156 Å². The van der Waals surface area contributed by atoms with E-state index in [-0.39, 0.29) is 99.4 Å². The number of hydrogen-bond donors (Lipinski definition) is 1. The number of ether oxygens (including phenoxy) is 10. The molecule has 7 aromatic carbocycles. The number of rotatable bonds is 34. The number of aliphatic hydroxyl groups excluding tert-OH is 1. The highest BCUT2D eigenvalue weighted by molar-refractivity contribution is 7.91. The maximum Gasteiger partial charge on any atom is 0.274 e. The number of nitrogens with zero attached hydrogens (tertiary/aromatic N) is 3. The Kier molecular flexibility index (Phi) is 34.1. The Morgan fingerprint density at radius 2 is 0.755 bits per heavy atom. The van der Waals surface area contributed by atoms with Crippen molar-refractivity contribution in [2.24, 2.45) is 23.7 Å². The highest BCUT2D eigenvalue weighted by Gasteiger charge is 2.25. The van der Waals surface area contributed by atoms with E-state index >= 15 is 0 Å². The number of benzene rings is 7. The minimum Gasteiger partial charge on any atom is -0.491 e. The van der Waals surface area contributed by atoms with Crippen LogP contribution in [0.2, 0.25) is 0 Å². The lowest BCUT2D eigenvalue weighted by Gasteiger charge is -2.30. The lowest BCUT2D eigenvalue weighted by atomic mass is 10.0. The normalized spacial score (nSPS) is 13.0. The van der Waals surface area contributed by atoms with Gasteiger partial charge >= 0.3 is 0 Å². The summed E-state index contributed by atoms with van der Waals surface area (Å²) in [6, 6.07) is 42.7. The van der Waals surface area contributed by atoms with Crippen molar-refractivity contribution in [1.82, 2.24) is 14.9 Å². The number of sulfone groups is 2. The van der Waals surface area contributed by atoms with Crippen molar-refractivity contribution >= 4 is 48.7 Å². The van der Waals surface area contributed by atoms with Gasteiger partial charge in [0.25, 0.3) is 5.91 Å². The molecule has 0 unspecified atom stereocenters. The van der Waals surface area contributed by atoms with E-state index in [1.807, 2.05) is 100 Å². The molecule has 592 valence electrons. The van der Waals surface area contributed by atoms with Crippen molar-refractivity contribution in [3.05, 3.63) is 198 Å². The van der Waals surface area contributed by atoms with Crippen LogP contribution in [0.5, 0.6) is 63.4 Å². The summed E-state index contributed by atoms with van der Waals surface area (Å²) in [5.41, 5.74) is 3.55. The largest absolute Gasteiger partial charge is 0.491 e. The van der Waals surface area contributed by atoms with E-state index in [4.69, 9.17) is 47.4 Å². The van der Waals surface area contributed by atoms with Gasteiger partial charge < -0.3 is 57.4 Å². The van der Waals surface area contributed by atoms with Gasteiger partial charge in [-0.15, -0.1) is 0 Å². The molecule has 0 bridgehead atoms. The fraction of sp³-hybridized carbons (Fsp3) is 0.400. The summed E-state index contributed by atoms with van der Waals surface area (Å²) in [7, 11) is -3.34. The number of aliphatic hydroxyl groups is 1. The van der Waals surface area contributed by atoms with Gasteiger partial charge in [-0.05, 0) is 151 Å². The molecule has 0 saturated carbocycles. The lowest BCUT2D eigenvalue weighted by Crippen LogP contribution is -2.42. The zero-order chi connectivity index (χ0) is 81.2. The van der Waals surface area contributed by atoms with Gasteiger partial charge in [0, 0.05) is 116 Å². The lowest BCUT2D eigenvalue weighted by molar-refractivity contribution is 0.0644. The van der Waals surface area contributed by atoms with E-state index in [1.165, 1.54) is 42.2 Å². The molecule has 2 heterocycles. The third kappa shape index (κ3) is 29.1. The molecule has 1 fully saturated rings. The van der Waals surface area contributed by atoms with Crippen LogP contribution in [0.25, 0.3) is 0 Å². The fourth-order valence-electron chi connectivity index (χ4n) is 10.5. The van der Waals surface area contributed by atoms with Crippen molar-refractivity contribution in [2.75, 3.05) is 59.6 Å². The molecule has 1 N–H and O–H groups in total. The smallest absolute Gasteiger partial charge is 0.274 e. The molecule has 4 atom stereocenters. The van der Waals surface area contributed by atoms with Crippen molar-refractivity contribution in [1.29, 1.82) is 0 Å². The van der Waals surface area contributed by atoms with Crippen molar-refractivity contribution < 1.29 is 93.3 Å². The van der Waals surface area contributed by atoms with Crippen LogP contribution in [0.1, 0.15) is 161 Å². The zero-order valence-electron chi connectivity index (χ0n) is 66.1. The molecular formula is C85H105N3O20S2. The first-order chi connectivity index (χ1) is 51.9. The molecule has 23 nitrogen and oxygen atoms in total. The zero-order valence-corrected chi connectivity index (χ0v) is 67.7. The average Bonchev–Trinajstić information content (AvgIpc) is 0.838. The predicted molar refractivity (Wildman–Crippen MR) is 421 cm³/mol. The third-order valence-electron chi connectivity index (χ3n) is 16.1. The van der Waals surface area contributed by atoms with E-state index < -0.39 is 25.8 Å². The molecule has 110 heavy (non-hydrogen) atoms. The summed E-state index contributed by atoms with van der Waals surface area (Å²) in [6.45, 7) is 28.3. The molecule has 0 radical (unpaired) electrons. The van der Waals surface area contributed by atoms with Crippen LogP contribution in [-0.2, 0) is 35.6 Å². The molecule has 8 aromatic rings. The number of hydrogen-bond acceptors (Lipinski definition) is 22. The van der Waals surface area contributed by atoms with E-state index in [0.29, 0.717) is 98.7 Å². The van der Waals surface area contributed by atoms with E-state index in [0.717, 1.165) is 38.4 Å². The molecule has 1 saturated heterocycles. The van der Waals surface area contributed by atoms with Gasteiger partial charge in [-0.2, -0.15) is 0 Å². The van der Waals surface area contributed by atoms with Crippen LogP contribution in [0, 0.1) is 23.7 Å². The number of Topliss-reactive ketones (excluding diaryl/α,β-unsaturated/α-hetero) is 4. The van der Waals surface area contributed by atoms with Gasteiger partial charge in [0.15, 0.2) is 42.8 Å². The Morgan fingerprint density at radius 3 is 1.07 bits per heavy atom. The molecule has 9 rings (SSSR count). The topological polar surface area (TPSA) is 295 Å². The Bertz CT molecular complexity index is 4570. The number of carbonyl (C=O) groups is 5. The van der Waals surface area contributed by atoms with E-state index in [9.17, 15) is 45.9 Å². The highest BCUT2D eigenvalue weighted by Crippen LogP contribution is 2.34. The van der Waals surface area contributed by atoms with Gasteiger partial charge in [-0.3, -0.25) is 24.0 Å². The first-order valence-electron chi connectivity index (χ1n) is 36.4. The summed E-state index contributed by atoms with van der Waals surface area (Å²) in [5, 5.41) is 9.19. The number of likely N-dealkylation sites (tertiary alicyclic amines) is 1. The third-order valence-corrected chi connectivity index (χ3v) is 18.3. The summed E-state index contributed by atoms with van der Waals surface area (Å²) in [6.07, 6.45) is 6.10. The molecule has 1 aliphatic heterocycles. The van der Waals surface area contributed by atoms with Crippen LogP contribution in [0.3, 0.4) is 0 Å². The van der Waals surface area contributed by atoms with Crippen molar-refractivity contribution in [3.8, 4) is 63.4 Å². The number of ketones is 4. The molecule has 25 heteroatoms. The van der Waals surface area contributed by atoms with Gasteiger partial charge in [-0.1, -0.05) is 85.7 Å². The number of aromatic nitrogens is 2. The Labute approximate surface area is 647 Å². The predicted octanol–water partition coefficient (Wildman–Crippen LogP) is 16.3. The number of carbonyl (C=O) groups excluding carboxylic acids is 5. The van der Waals surface area contributed by atoms with Crippen LogP contribution in [0.15, 0.2) is 174 Å². The quantitative estimate of drug-likeness (QED) is 0.0366. The maximum absolute atomic E-state index is 12.5. The Morgan fingerprint density at radius 1 is 0.409 bits per heavy atom. The molecular weight excluding hydrogens is 1450 g/mol. The summed E-state index contributed by atoms with van der Waals surface area (Å²) in [4.78, 5) is 72.4. The molecule has 1 aromatic heterocycles. The van der Waals surface area contributed by atoms with Crippen LogP contribution < -0.4 is 37.9 Å². The van der Waals surface area contributed by atoms with Gasteiger partial charge in [0.2, 0.25) is 5.88 Å². The second-order valence-corrected chi connectivity index (χ2v) is 32.2. The Hall–Kier alpha value is -10.1. The molecule has 1 aliphatic rings. The monoisotopic (exact) mass is 1550 g/mol. The number of amides is 1. The van der Waals surface area contributed by atoms with E-state index in [2.05, 4.69) is 22.1 Å². The van der Waals surface area contributed by atoms with Gasteiger partial charge in [-0.25, -0.2) is 26.8 Å². The molecule has 0 spiro atoms.